The Bertz CT molecular complexity index is 1270. The predicted molar refractivity (Wildman–Crippen MR) is 115 cm³/mol. The van der Waals surface area contributed by atoms with Crippen molar-refractivity contribution in [2.75, 3.05) is 26.2 Å². The van der Waals surface area contributed by atoms with Crippen LogP contribution in [0.1, 0.15) is 29.3 Å². The van der Waals surface area contributed by atoms with E-state index in [9.17, 15) is 23.6 Å². The normalized spacial score (nSPS) is 14.3. The van der Waals surface area contributed by atoms with E-state index in [4.69, 9.17) is 0 Å². The summed E-state index contributed by atoms with van der Waals surface area (Å²) in [6, 6.07) is 5.80. The number of thiophene rings is 1. The van der Waals surface area contributed by atoms with Crippen molar-refractivity contribution in [2.45, 2.75) is 19.9 Å². The van der Waals surface area contributed by atoms with Crippen LogP contribution < -0.4 is 11.2 Å². The first-order valence-corrected chi connectivity index (χ1v) is 10.8. The highest BCUT2D eigenvalue weighted by Crippen LogP contribution is 2.19. The first-order chi connectivity index (χ1) is 14.9. The number of fused-ring (bicyclic) bond motifs is 1. The average molecular weight is 444 g/mol. The zero-order chi connectivity index (χ0) is 22.1. The van der Waals surface area contributed by atoms with Gasteiger partial charge in [-0.25, -0.2) is 9.18 Å². The molecular weight excluding hydrogens is 423 g/mol. The average Bonchev–Trinajstić information content (AvgIpc) is 3.27. The number of H-pyrrole nitrogens is 1. The fraction of sp³-hybridized carbons (Fsp3) is 0.333. The molecule has 0 unspecified atom stereocenters. The van der Waals surface area contributed by atoms with Crippen molar-refractivity contribution in [1.82, 2.24) is 19.4 Å². The van der Waals surface area contributed by atoms with E-state index in [2.05, 4.69) is 4.98 Å². The lowest BCUT2D eigenvalue weighted by Gasteiger charge is -2.34. The van der Waals surface area contributed by atoms with E-state index in [0.29, 0.717) is 48.4 Å². The van der Waals surface area contributed by atoms with E-state index in [1.165, 1.54) is 39.0 Å². The number of benzene rings is 1. The maximum Gasteiger partial charge on any atom is 0.329 e. The second-order valence-corrected chi connectivity index (χ2v) is 8.22. The molecule has 0 saturated carbocycles. The van der Waals surface area contributed by atoms with Crippen LogP contribution in [0.5, 0.6) is 0 Å². The SMILES string of the molecule is CCC(=O)N1CCN(C(=O)c2cc(Cn3c(=O)[nH]c(=O)c4ccsc43)ccc2F)CC1. The number of amides is 2. The fourth-order valence-corrected chi connectivity index (χ4v) is 4.62. The zero-order valence-electron chi connectivity index (χ0n) is 16.9. The molecule has 10 heteroatoms. The number of halogens is 1. The molecule has 0 spiro atoms. The van der Waals surface area contributed by atoms with Crippen LogP contribution in [-0.2, 0) is 11.3 Å². The number of carbonyl (C=O) groups is 2. The molecule has 1 aliphatic heterocycles. The highest BCUT2D eigenvalue weighted by molar-refractivity contribution is 7.16. The number of nitrogens with one attached hydrogen (secondary N) is 1. The minimum absolute atomic E-state index is 0.0338. The molecule has 162 valence electrons. The number of aromatic amines is 1. The summed E-state index contributed by atoms with van der Waals surface area (Å²) in [4.78, 5) is 55.0. The lowest BCUT2D eigenvalue weighted by Crippen LogP contribution is -2.50. The molecule has 2 aromatic heterocycles. The Kier molecular flexibility index (Phi) is 5.73. The van der Waals surface area contributed by atoms with Crippen molar-refractivity contribution in [2.24, 2.45) is 0 Å². The molecule has 0 aliphatic carbocycles. The Labute approximate surface area is 180 Å². The second-order valence-electron chi connectivity index (χ2n) is 7.33. The van der Waals surface area contributed by atoms with Gasteiger partial charge in [0.25, 0.3) is 11.5 Å². The third-order valence-corrected chi connectivity index (χ3v) is 6.36. The van der Waals surface area contributed by atoms with E-state index in [0.717, 1.165) is 0 Å². The minimum Gasteiger partial charge on any atom is -0.339 e. The van der Waals surface area contributed by atoms with E-state index in [1.54, 1.807) is 23.3 Å². The van der Waals surface area contributed by atoms with Gasteiger partial charge in [0.15, 0.2) is 0 Å². The first-order valence-electron chi connectivity index (χ1n) is 9.95. The largest absolute Gasteiger partial charge is 0.339 e. The van der Waals surface area contributed by atoms with Gasteiger partial charge in [-0.1, -0.05) is 13.0 Å². The number of hydrogen-bond acceptors (Lipinski definition) is 5. The first kappa shape index (κ1) is 21.0. The Morgan fingerprint density at radius 2 is 1.81 bits per heavy atom. The van der Waals surface area contributed by atoms with Gasteiger partial charge in [-0.3, -0.25) is 23.9 Å². The van der Waals surface area contributed by atoms with Gasteiger partial charge in [-0.2, -0.15) is 0 Å². The minimum atomic E-state index is -0.643. The fourth-order valence-electron chi connectivity index (χ4n) is 3.72. The number of rotatable bonds is 4. The summed E-state index contributed by atoms with van der Waals surface area (Å²) in [7, 11) is 0. The van der Waals surface area contributed by atoms with Gasteiger partial charge in [0.05, 0.1) is 17.5 Å². The molecule has 3 aromatic rings. The van der Waals surface area contributed by atoms with Gasteiger partial charge in [-0.15, -0.1) is 11.3 Å². The zero-order valence-corrected chi connectivity index (χ0v) is 17.7. The topological polar surface area (TPSA) is 95.5 Å². The number of piperazine rings is 1. The summed E-state index contributed by atoms with van der Waals surface area (Å²) in [6.45, 7) is 3.39. The number of aromatic nitrogens is 2. The molecule has 1 fully saturated rings. The van der Waals surface area contributed by atoms with Crippen LogP contribution in [-0.4, -0.2) is 57.3 Å². The smallest absolute Gasteiger partial charge is 0.329 e. The van der Waals surface area contributed by atoms with Gasteiger partial charge >= 0.3 is 5.69 Å². The summed E-state index contributed by atoms with van der Waals surface area (Å²) >= 11 is 1.26. The van der Waals surface area contributed by atoms with Crippen LogP contribution in [0, 0.1) is 5.82 Å². The Morgan fingerprint density at radius 1 is 1.10 bits per heavy atom. The molecule has 31 heavy (non-hydrogen) atoms. The molecule has 2 amide bonds. The summed E-state index contributed by atoms with van der Waals surface area (Å²) in [5, 5.41) is 2.13. The number of carbonyl (C=O) groups excluding carboxylic acids is 2. The lowest BCUT2D eigenvalue weighted by atomic mass is 10.1. The van der Waals surface area contributed by atoms with Gasteiger partial charge in [0, 0.05) is 32.6 Å². The molecule has 1 N–H and O–H groups in total. The van der Waals surface area contributed by atoms with Gasteiger partial charge in [0.1, 0.15) is 10.6 Å². The summed E-state index contributed by atoms with van der Waals surface area (Å²) in [5.74, 6) is -1.06. The van der Waals surface area contributed by atoms with Crippen molar-refractivity contribution in [3.05, 3.63) is 67.4 Å². The van der Waals surface area contributed by atoms with Gasteiger partial charge in [-0.05, 0) is 29.1 Å². The van der Waals surface area contributed by atoms with Crippen molar-refractivity contribution in [3.63, 3.8) is 0 Å². The molecule has 4 rings (SSSR count). The monoisotopic (exact) mass is 444 g/mol. The van der Waals surface area contributed by atoms with Crippen LogP contribution in [0.15, 0.2) is 39.2 Å². The third kappa shape index (κ3) is 4.02. The summed E-state index contributed by atoms with van der Waals surface area (Å²) < 4.78 is 15.9. The molecule has 8 nitrogen and oxygen atoms in total. The van der Waals surface area contributed by atoms with E-state index in [-0.39, 0.29) is 18.0 Å². The maximum atomic E-state index is 14.5. The molecule has 1 aliphatic rings. The Balaban J connectivity index is 1.58. The van der Waals surface area contributed by atoms with Crippen LogP contribution in [0.2, 0.25) is 0 Å². The van der Waals surface area contributed by atoms with E-state index in [1.807, 2.05) is 0 Å². The number of hydrogen-bond donors (Lipinski definition) is 1. The van der Waals surface area contributed by atoms with Gasteiger partial charge < -0.3 is 9.80 Å². The standard InChI is InChI=1S/C21H21FN4O4S/c1-2-17(27)24-6-8-25(9-7-24)19(29)15-11-13(3-4-16(15)22)12-26-20-14(5-10-31-20)18(28)23-21(26)30/h3-5,10-11H,2,6-9,12H2,1H3,(H,23,28,30). The molecule has 1 saturated heterocycles. The van der Waals surface area contributed by atoms with E-state index < -0.39 is 23.0 Å². The van der Waals surface area contributed by atoms with Crippen LogP contribution in [0.3, 0.4) is 0 Å². The summed E-state index contributed by atoms with van der Waals surface area (Å²) in [6.07, 6.45) is 0.409. The van der Waals surface area contributed by atoms with Crippen molar-refractivity contribution in [1.29, 1.82) is 0 Å². The molecule has 0 atom stereocenters. The van der Waals surface area contributed by atoms with Crippen LogP contribution >= 0.6 is 11.3 Å². The third-order valence-electron chi connectivity index (χ3n) is 5.42. The van der Waals surface area contributed by atoms with Crippen molar-refractivity contribution >= 4 is 33.4 Å². The van der Waals surface area contributed by atoms with Crippen LogP contribution in [0.25, 0.3) is 10.2 Å². The van der Waals surface area contributed by atoms with Crippen LogP contribution in [0.4, 0.5) is 4.39 Å². The molecular formula is C21H21FN4O4S. The molecule has 3 heterocycles. The quantitative estimate of drug-likeness (QED) is 0.662. The highest BCUT2D eigenvalue weighted by atomic mass is 32.1. The highest BCUT2D eigenvalue weighted by Gasteiger charge is 2.26. The van der Waals surface area contributed by atoms with E-state index >= 15 is 0 Å². The Morgan fingerprint density at radius 3 is 2.52 bits per heavy atom. The molecule has 0 radical (unpaired) electrons. The predicted octanol–water partition coefficient (Wildman–Crippen LogP) is 1.63. The second kappa shape index (κ2) is 8.46. The van der Waals surface area contributed by atoms with Crippen molar-refractivity contribution in [3.8, 4) is 0 Å². The number of nitrogens with zero attached hydrogens (tertiary/aromatic N) is 3. The van der Waals surface area contributed by atoms with Crippen molar-refractivity contribution < 1.29 is 14.0 Å². The maximum absolute atomic E-state index is 14.5. The molecule has 1 aromatic carbocycles. The lowest BCUT2D eigenvalue weighted by molar-refractivity contribution is -0.132. The Hall–Kier alpha value is -3.27. The molecule has 0 bridgehead atoms. The summed E-state index contributed by atoms with van der Waals surface area (Å²) in [5.41, 5.74) is -0.525. The van der Waals surface area contributed by atoms with Gasteiger partial charge in [0.2, 0.25) is 5.91 Å².